The predicted octanol–water partition coefficient (Wildman–Crippen LogP) is 4.03. The Hall–Kier alpha value is -4.14. The summed E-state index contributed by atoms with van der Waals surface area (Å²) in [4.78, 5) is 24.4. The smallest absolute Gasteiger partial charge is 0.273 e. The minimum absolute atomic E-state index is 0.115. The van der Waals surface area contributed by atoms with E-state index in [0.29, 0.717) is 28.0 Å². The number of fused-ring (bicyclic) bond motifs is 1. The molecule has 0 aliphatic carbocycles. The molecule has 8 nitrogen and oxygen atoms in total. The molecular weight excluding hydrogens is 377 g/mol. The number of aromatic nitrogens is 3. The Morgan fingerprint density at radius 3 is 2.48 bits per heavy atom. The molecule has 1 N–H and O–H groups in total. The Morgan fingerprint density at radius 1 is 1.03 bits per heavy atom. The maximum absolute atomic E-state index is 13.1. The molecule has 144 valence electrons. The van der Waals surface area contributed by atoms with E-state index in [1.54, 1.807) is 37.3 Å². The minimum atomic E-state index is -0.522. The largest absolute Gasteiger partial charge is 0.322 e. The molecule has 9 heteroatoms. The highest BCUT2D eigenvalue weighted by molar-refractivity contribution is 6.05. The standard InChI is InChI=1S/C20H14FN5O3/c1-12-2-3-13(10-19(12)26(28)29)20(27)22-15-6-9-17-18(11-15)24-25(23-17)16-7-4-14(21)5-8-16/h2-11H,1H3,(H,22,27). The lowest BCUT2D eigenvalue weighted by molar-refractivity contribution is -0.385. The first-order chi connectivity index (χ1) is 13.9. The summed E-state index contributed by atoms with van der Waals surface area (Å²) in [6, 6.07) is 15.0. The fourth-order valence-corrected chi connectivity index (χ4v) is 2.83. The summed E-state index contributed by atoms with van der Waals surface area (Å²) in [7, 11) is 0. The number of carbonyl (C=O) groups excluding carboxylic acids is 1. The average Bonchev–Trinajstić information content (AvgIpc) is 3.12. The van der Waals surface area contributed by atoms with Crippen LogP contribution >= 0.6 is 0 Å². The Bertz CT molecular complexity index is 1250. The van der Waals surface area contributed by atoms with Crippen molar-refractivity contribution in [2.75, 3.05) is 5.32 Å². The van der Waals surface area contributed by atoms with Gasteiger partial charge in [0, 0.05) is 22.9 Å². The second kappa shape index (κ2) is 7.12. The van der Waals surface area contributed by atoms with Crippen molar-refractivity contribution < 1.29 is 14.1 Å². The van der Waals surface area contributed by atoms with Gasteiger partial charge in [0.2, 0.25) is 0 Å². The van der Waals surface area contributed by atoms with Gasteiger partial charge in [0.05, 0.1) is 10.6 Å². The van der Waals surface area contributed by atoms with Crippen LogP contribution in [0.3, 0.4) is 0 Å². The van der Waals surface area contributed by atoms with E-state index >= 15 is 0 Å². The molecule has 0 spiro atoms. The van der Waals surface area contributed by atoms with Crippen LogP contribution in [-0.4, -0.2) is 25.8 Å². The number of carbonyl (C=O) groups is 1. The van der Waals surface area contributed by atoms with Crippen LogP contribution in [0.5, 0.6) is 0 Å². The van der Waals surface area contributed by atoms with Crippen LogP contribution in [0.15, 0.2) is 60.7 Å². The number of benzene rings is 3. The van der Waals surface area contributed by atoms with Gasteiger partial charge >= 0.3 is 0 Å². The third-order valence-electron chi connectivity index (χ3n) is 4.36. The Kier molecular flexibility index (Phi) is 4.47. The molecule has 3 aromatic carbocycles. The van der Waals surface area contributed by atoms with Gasteiger partial charge in [-0.2, -0.15) is 4.80 Å². The molecule has 0 saturated heterocycles. The molecular formula is C20H14FN5O3. The third-order valence-corrected chi connectivity index (χ3v) is 4.36. The first-order valence-electron chi connectivity index (χ1n) is 8.60. The monoisotopic (exact) mass is 391 g/mol. The van der Waals surface area contributed by atoms with Crippen molar-refractivity contribution in [2.24, 2.45) is 0 Å². The number of anilines is 1. The van der Waals surface area contributed by atoms with E-state index in [-0.39, 0.29) is 17.1 Å². The SMILES string of the molecule is Cc1ccc(C(=O)Nc2ccc3nn(-c4ccc(F)cc4)nc3c2)cc1[N+](=O)[O-]. The van der Waals surface area contributed by atoms with Gasteiger partial charge in [0.1, 0.15) is 16.9 Å². The van der Waals surface area contributed by atoms with Gasteiger partial charge in [-0.1, -0.05) is 6.07 Å². The van der Waals surface area contributed by atoms with Gasteiger partial charge in [0.25, 0.3) is 11.6 Å². The topological polar surface area (TPSA) is 103 Å². The normalized spacial score (nSPS) is 10.8. The number of amides is 1. The lowest BCUT2D eigenvalue weighted by atomic mass is 10.1. The van der Waals surface area contributed by atoms with E-state index in [9.17, 15) is 19.3 Å². The van der Waals surface area contributed by atoms with Gasteiger partial charge in [0.15, 0.2) is 0 Å². The van der Waals surface area contributed by atoms with Crippen molar-refractivity contribution in [2.45, 2.75) is 6.92 Å². The van der Waals surface area contributed by atoms with Crippen LogP contribution in [0, 0.1) is 22.9 Å². The second-order valence-electron chi connectivity index (χ2n) is 6.38. The number of halogens is 1. The molecule has 0 bridgehead atoms. The van der Waals surface area contributed by atoms with Crippen LogP contribution in [0.25, 0.3) is 16.7 Å². The molecule has 4 aromatic rings. The van der Waals surface area contributed by atoms with Gasteiger partial charge in [-0.3, -0.25) is 14.9 Å². The first-order valence-corrected chi connectivity index (χ1v) is 8.60. The van der Waals surface area contributed by atoms with Crippen LogP contribution in [-0.2, 0) is 0 Å². The molecule has 0 aliphatic rings. The maximum atomic E-state index is 13.1. The highest BCUT2D eigenvalue weighted by Crippen LogP contribution is 2.22. The summed E-state index contributed by atoms with van der Waals surface area (Å²) in [5.74, 6) is -0.829. The maximum Gasteiger partial charge on any atom is 0.273 e. The van der Waals surface area contributed by atoms with Crippen LogP contribution in [0.1, 0.15) is 15.9 Å². The van der Waals surface area contributed by atoms with Crippen molar-refractivity contribution in [1.29, 1.82) is 0 Å². The van der Waals surface area contributed by atoms with Crippen LogP contribution in [0.4, 0.5) is 15.8 Å². The van der Waals surface area contributed by atoms with Crippen LogP contribution in [0.2, 0.25) is 0 Å². The zero-order valence-electron chi connectivity index (χ0n) is 15.2. The number of aryl methyl sites for hydroxylation is 1. The number of nitrogens with zero attached hydrogens (tertiary/aromatic N) is 4. The quantitative estimate of drug-likeness (QED) is 0.418. The average molecular weight is 391 g/mol. The number of nitrogens with one attached hydrogen (secondary N) is 1. The molecule has 4 rings (SSSR count). The van der Waals surface area contributed by atoms with E-state index < -0.39 is 10.8 Å². The van der Waals surface area contributed by atoms with Gasteiger partial charge in [-0.25, -0.2) is 4.39 Å². The Balaban J connectivity index is 1.60. The van der Waals surface area contributed by atoms with Gasteiger partial charge in [-0.15, -0.1) is 10.2 Å². The summed E-state index contributed by atoms with van der Waals surface area (Å²) < 4.78 is 13.1. The van der Waals surface area contributed by atoms with Crippen molar-refractivity contribution in [3.63, 3.8) is 0 Å². The first kappa shape index (κ1) is 18.2. The molecule has 1 amide bonds. The number of nitro benzene ring substituents is 1. The molecule has 1 heterocycles. The lowest BCUT2D eigenvalue weighted by Crippen LogP contribution is -2.12. The van der Waals surface area contributed by atoms with E-state index in [2.05, 4.69) is 15.5 Å². The number of hydrogen-bond donors (Lipinski definition) is 1. The van der Waals surface area contributed by atoms with Crippen molar-refractivity contribution in [1.82, 2.24) is 15.0 Å². The van der Waals surface area contributed by atoms with E-state index in [4.69, 9.17) is 0 Å². The van der Waals surface area contributed by atoms with Crippen molar-refractivity contribution >= 4 is 28.3 Å². The number of hydrogen-bond acceptors (Lipinski definition) is 5. The molecule has 1 aromatic heterocycles. The van der Waals surface area contributed by atoms with E-state index in [0.717, 1.165) is 0 Å². The Labute approximate surface area is 163 Å². The van der Waals surface area contributed by atoms with Crippen molar-refractivity contribution in [3.05, 3.63) is 87.7 Å². The highest BCUT2D eigenvalue weighted by atomic mass is 19.1. The van der Waals surface area contributed by atoms with E-state index in [1.807, 2.05) is 0 Å². The molecule has 29 heavy (non-hydrogen) atoms. The van der Waals surface area contributed by atoms with Gasteiger partial charge in [-0.05, 0) is 55.5 Å². The zero-order valence-corrected chi connectivity index (χ0v) is 15.2. The zero-order chi connectivity index (χ0) is 20.5. The summed E-state index contributed by atoms with van der Waals surface area (Å²) >= 11 is 0. The predicted molar refractivity (Wildman–Crippen MR) is 105 cm³/mol. The summed E-state index contributed by atoms with van der Waals surface area (Å²) in [5, 5.41) is 22.5. The number of nitro groups is 1. The highest BCUT2D eigenvalue weighted by Gasteiger charge is 2.15. The molecule has 0 saturated carbocycles. The minimum Gasteiger partial charge on any atom is -0.322 e. The van der Waals surface area contributed by atoms with Crippen molar-refractivity contribution in [3.8, 4) is 5.69 Å². The molecule has 0 atom stereocenters. The molecule has 0 unspecified atom stereocenters. The second-order valence-corrected chi connectivity index (χ2v) is 6.38. The fourth-order valence-electron chi connectivity index (χ4n) is 2.83. The fraction of sp³-hybridized carbons (Fsp3) is 0.0500. The molecule has 0 aliphatic heterocycles. The molecule has 0 fully saturated rings. The molecule has 0 radical (unpaired) electrons. The lowest BCUT2D eigenvalue weighted by Gasteiger charge is -2.06. The Morgan fingerprint density at radius 2 is 1.76 bits per heavy atom. The number of rotatable bonds is 4. The van der Waals surface area contributed by atoms with E-state index in [1.165, 1.54) is 35.1 Å². The summed E-state index contributed by atoms with van der Waals surface area (Å²) in [6.07, 6.45) is 0. The summed E-state index contributed by atoms with van der Waals surface area (Å²) in [5.41, 5.74) is 2.73. The summed E-state index contributed by atoms with van der Waals surface area (Å²) in [6.45, 7) is 1.61. The van der Waals surface area contributed by atoms with Crippen LogP contribution < -0.4 is 5.32 Å². The van der Waals surface area contributed by atoms with Gasteiger partial charge < -0.3 is 5.32 Å². The third kappa shape index (κ3) is 3.65.